The normalized spacial score (nSPS) is 11.5. The number of hydrogen-bond donors (Lipinski definition) is 4. The van der Waals surface area contributed by atoms with Crippen LogP contribution in [0.25, 0.3) is 0 Å². The number of aliphatic hydroxyl groups is 4. The summed E-state index contributed by atoms with van der Waals surface area (Å²) in [5.41, 5.74) is 8.65. The fourth-order valence-corrected chi connectivity index (χ4v) is 6.28. The van der Waals surface area contributed by atoms with Crippen molar-refractivity contribution >= 4 is 0 Å². The molecule has 4 aromatic carbocycles. The molecule has 0 atom stereocenters. The summed E-state index contributed by atoms with van der Waals surface area (Å²) < 4.78 is 22.9. The predicted octanol–water partition coefficient (Wildman–Crippen LogP) is 5.01. The van der Waals surface area contributed by atoms with Gasteiger partial charge in [-0.1, -0.05) is 0 Å². The van der Waals surface area contributed by atoms with Crippen molar-refractivity contribution in [1.29, 1.82) is 0 Å². The van der Waals surface area contributed by atoms with Crippen LogP contribution in [0.2, 0.25) is 0 Å². The monoisotopic (exact) mass is 1660 g/mol. The third kappa shape index (κ3) is 6.69. The number of ether oxygens (including phenoxy) is 4. The van der Waals surface area contributed by atoms with Crippen LogP contribution >= 0.6 is 0 Å². The van der Waals surface area contributed by atoms with E-state index in [1.807, 2.05) is 48.5 Å². The molecule has 0 heterocycles. The second-order valence-corrected chi connectivity index (χ2v) is 10.9. The molecule has 12 heteroatoms. The fraction of sp³-hybridized carbons (Fsp3) is 0.222. The van der Waals surface area contributed by atoms with Crippen LogP contribution in [0.3, 0.4) is 0 Å². The molecule has 8 bridgehead atoms. The van der Waals surface area contributed by atoms with E-state index in [1.165, 1.54) is 0 Å². The van der Waals surface area contributed by atoms with Gasteiger partial charge in [-0.05, 0) is 115 Å². The smallest absolute Gasteiger partial charge is 0.0916 e. The average molecular weight is 1660 g/mol. The summed E-state index contributed by atoms with van der Waals surface area (Å²) in [5.74, 6) is 2.10. The van der Waals surface area contributed by atoms with Gasteiger partial charge in [-0.3, -0.25) is 0 Å². The summed E-state index contributed by atoms with van der Waals surface area (Å²) in [7, 11) is 15.0. The largest absolute Gasteiger partial charge is 0.665 e. The van der Waals surface area contributed by atoms with Gasteiger partial charge < -0.3 is 39.4 Å². The van der Waals surface area contributed by atoms with Crippen molar-refractivity contribution in [1.82, 2.24) is 0 Å². The SMILES string of the molecule is [CH2-]Oc1c2cc(CO)cc1Cc1cc(CO)cc(c1O[CH2-])Cc1cc(CO)cc(c1O[CH2-])Cc1cc(CO)cc(c1O[CH2-])C2.[Rf].[Rf].[Rf].[Rf]. The molecule has 1 aliphatic carbocycles. The molecular formula is C36H36O8Rf4-4. The minimum absolute atomic E-state index is 0. The molecule has 0 unspecified atom stereocenters. The Kier molecular flexibility index (Phi) is 12.3. The summed E-state index contributed by atoms with van der Waals surface area (Å²) in [5, 5.41) is 40.8. The van der Waals surface area contributed by atoms with Gasteiger partial charge in [0, 0.05) is 25.7 Å². The van der Waals surface area contributed by atoms with Crippen molar-refractivity contribution in [2.75, 3.05) is 0 Å². The Morgan fingerprint density at radius 1 is 0.354 bits per heavy atom. The third-order valence-electron chi connectivity index (χ3n) is 8.04. The van der Waals surface area contributed by atoms with Gasteiger partial charge >= 0.3 is 0 Å². The summed E-state index contributed by atoms with van der Waals surface area (Å²) >= 11 is 0. The number of aliphatic hydroxyl groups excluding tert-OH is 4. The van der Waals surface area contributed by atoms with E-state index >= 15 is 0 Å². The van der Waals surface area contributed by atoms with Gasteiger partial charge in [0.15, 0.2) is 0 Å². The van der Waals surface area contributed by atoms with E-state index in [-0.39, 0.29) is 26.4 Å². The van der Waals surface area contributed by atoms with E-state index in [9.17, 15) is 20.4 Å². The van der Waals surface area contributed by atoms with Crippen molar-refractivity contribution in [3.8, 4) is 23.0 Å². The molecule has 0 amide bonds. The van der Waals surface area contributed by atoms with Gasteiger partial charge in [-0.15, -0.1) is 0 Å². The molecule has 0 aliphatic heterocycles. The predicted molar refractivity (Wildman–Crippen MR) is 165 cm³/mol. The van der Waals surface area contributed by atoms with E-state index in [1.54, 1.807) is 0 Å². The first kappa shape index (κ1) is 37.9. The van der Waals surface area contributed by atoms with Gasteiger partial charge in [0.2, 0.25) is 0 Å². The number of fused-ring (bicyclic) bond motifs is 8. The Morgan fingerprint density at radius 3 is 0.604 bits per heavy atom. The van der Waals surface area contributed by atoms with Crippen LogP contribution in [0.5, 0.6) is 23.0 Å². The van der Waals surface area contributed by atoms with Crippen LogP contribution in [0.15, 0.2) is 48.5 Å². The maximum absolute atomic E-state index is 10.2. The van der Waals surface area contributed by atoms with Gasteiger partial charge in [-0.25, -0.2) is 0 Å². The van der Waals surface area contributed by atoms with Crippen molar-refractivity contribution in [3.05, 3.63) is 144 Å². The minimum Gasteiger partial charge on any atom is -0.665 e. The Bertz CT molecular complexity index is 1340. The van der Waals surface area contributed by atoms with Crippen LogP contribution in [0.4, 0.5) is 0 Å². The Morgan fingerprint density at radius 2 is 0.500 bits per heavy atom. The Hall–Kier alpha value is -8.08. The quantitative estimate of drug-likeness (QED) is 0.161. The van der Waals surface area contributed by atoms with Crippen LogP contribution in [-0.4, -0.2) is 20.4 Å². The zero-order chi connectivity index (χ0) is 31.4. The minimum atomic E-state index is -0.200. The molecule has 4 aromatic rings. The molecule has 48 heavy (non-hydrogen) atoms. The summed E-state index contributed by atoms with van der Waals surface area (Å²) in [4.78, 5) is 0. The van der Waals surface area contributed by atoms with Crippen molar-refractivity contribution in [2.45, 2.75) is 52.1 Å². The van der Waals surface area contributed by atoms with E-state index in [0.29, 0.717) is 70.9 Å². The molecular weight excluding hydrogens is 1630 g/mol. The maximum atomic E-state index is 10.2. The van der Waals surface area contributed by atoms with E-state index in [0.717, 1.165) is 44.5 Å². The molecule has 4 N–H and O–H groups in total. The topological polar surface area (TPSA) is 118 Å². The molecule has 0 saturated heterocycles. The van der Waals surface area contributed by atoms with Gasteiger partial charge in [-0.2, -0.15) is 28.4 Å². The van der Waals surface area contributed by atoms with E-state index < -0.39 is 0 Å². The van der Waals surface area contributed by atoms with Gasteiger partial charge in [0.05, 0.1) is 49.4 Å². The zero-order valence-electron chi connectivity index (χ0n) is 27.4. The Labute approximate surface area is 258 Å². The summed E-state index contributed by atoms with van der Waals surface area (Å²) in [6, 6.07) is 14.8. The van der Waals surface area contributed by atoms with Crippen molar-refractivity contribution in [3.63, 3.8) is 0 Å². The fourth-order valence-electron chi connectivity index (χ4n) is 6.28. The standard InChI is InChI=1S/C36H36O8.4Rf/c1-41-33-25-5-21(17-37)6-26(33)14-28-8-23(19-39)10-30(35(28)43-3)16-32-12-24(20-40)11-31(36(32)44-4)15-29-9-22(18-38)7-27(13-25)34(29)42-2;;;;/h5-12,37-40H,1-4,13-20H2;;;;/q-4;;;;. The number of benzene rings is 4. The number of hydrogen-bond acceptors (Lipinski definition) is 8. The van der Waals surface area contributed by atoms with E-state index in [2.05, 4.69) is 28.4 Å². The molecule has 240 valence electrons. The Balaban J connectivity index is 0.00000288. The molecule has 0 radical (unpaired) electrons. The first-order valence-electron chi connectivity index (χ1n) is 14.1. The van der Waals surface area contributed by atoms with E-state index in [4.69, 9.17) is 18.9 Å². The molecule has 1 aliphatic rings. The molecule has 5 rings (SSSR count). The average Bonchev–Trinajstić information content (AvgIpc) is 3.03. The zero-order valence-corrected chi connectivity index (χ0v) is 53.0. The summed E-state index contributed by atoms with van der Waals surface area (Å²) in [6.45, 7) is -0.800. The van der Waals surface area contributed by atoms with Gasteiger partial charge in [0.1, 0.15) is 0 Å². The maximum Gasteiger partial charge on any atom is 0.0916 e. The van der Waals surface area contributed by atoms with Crippen molar-refractivity contribution < 1.29 is 39.4 Å². The van der Waals surface area contributed by atoms with Crippen LogP contribution in [0.1, 0.15) is 66.8 Å². The van der Waals surface area contributed by atoms with Crippen molar-refractivity contribution in [2.24, 2.45) is 0 Å². The van der Waals surface area contributed by atoms with Crippen LogP contribution in [0, 0.1) is 28.4 Å². The first-order chi connectivity index (χ1) is 21.4. The molecule has 0 aromatic heterocycles. The molecule has 0 saturated carbocycles. The number of rotatable bonds is 8. The second-order valence-electron chi connectivity index (χ2n) is 10.9. The molecule has 0 fully saturated rings. The summed E-state index contributed by atoms with van der Waals surface area (Å²) in [6.07, 6.45) is 1.27. The molecule has 8 nitrogen and oxygen atoms in total. The van der Waals surface area contributed by atoms with Crippen LogP contribution < -0.4 is 18.9 Å². The van der Waals surface area contributed by atoms with Gasteiger partial charge in [0.25, 0.3) is 0 Å². The molecule has 0 spiro atoms. The first-order valence-corrected chi connectivity index (χ1v) is 14.1. The van der Waals surface area contributed by atoms with Crippen LogP contribution in [-0.2, 0) is 52.1 Å². The third-order valence-corrected chi connectivity index (χ3v) is 8.04. The second kappa shape index (κ2) is 15.6.